The highest BCUT2D eigenvalue weighted by atomic mass is 19.4. The molecule has 0 saturated heterocycles. The SMILES string of the molecule is Cc1ncc(-c2cc(C=O)cc(C(F)(F)F)c2)cn1. The van der Waals surface area contributed by atoms with Gasteiger partial charge in [-0.25, -0.2) is 9.97 Å². The van der Waals surface area contributed by atoms with Crippen molar-refractivity contribution in [2.45, 2.75) is 13.1 Å². The van der Waals surface area contributed by atoms with E-state index in [1.807, 2.05) is 0 Å². The van der Waals surface area contributed by atoms with E-state index in [-0.39, 0.29) is 11.1 Å². The molecule has 0 aliphatic rings. The van der Waals surface area contributed by atoms with Gasteiger partial charge in [0, 0.05) is 23.5 Å². The molecule has 1 aromatic heterocycles. The molecule has 1 heterocycles. The number of aryl methyl sites for hydroxylation is 1. The quantitative estimate of drug-likeness (QED) is 0.783. The molecular formula is C13H9F3N2O. The van der Waals surface area contributed by atoms with Gasteiger partial charge < -0.3 is 0 Å². The van der Waals surface area contributed by atoms with Gasteiger partial charge in [0.15, 0.2) is 0 Å². The number of hydrogen-bond donors (Lipinski definition) is 0. The molecule has 0 spiro atoms. The summed E-state index contributed by atoms with van der Waals surface area (Å²) in [6.07, 6.45) is -1.27. The number of carbonyl (C=O) groups is 1. The fourth-order valence-corrected chi connectivity index (χ4v) is 1.59. The third-order valence-electron chi connectivity index (χ3n) is 2.53. The van der Waals surface area contributed by atoms with Crippen LogP contribution in [0.4, 0.5) is 13.2 Å². The molecule has 0 amide bonds. The highest BCUT2D eigenvalue weighted by Gasteiger charge is 2.31. The Labute approximate surface area is 107 Å². The van der Waals surface area contributed by atoms with Crippen molar-refractivity contribution >= 4 is 6.29 Å². The lowest BCUT2D eigenvalue weighted by atomic mass is 10.0. The second-order valence-corrected chi connectivity index (χ2v) is 3.98. The van der Waals surface area contributed by atoms with Crippen molar-refractivity contribution in [3.8, 4) is 11.1 Å². The molecule has 19 heavy (non-hydrogen) atoms. The van der Waals surface area contributed by atoms with Gasteiger partial charge in [-0.05, 0) is 30.7 Å². The minimum Gasteiger partial charge on any atom is -0.298 e. The van der Waals surface area contributed by atoms with Crippen molar-refractivity contribution in [1.82, 2.24) is 9.97 Å². The van der Waals surface area contributed by atoms with Gasteiger partial charge in [-0.15, -0.1) is 0 Å². The van der Waals surface area contributed by atoms with E-state index in [0.29, 0.717) is 17.7 Å². The Bertz CT molecular complexity index is 606. The zero-order chi connectivity index (χ0) is 14.0. The van der Waals surface area contributed by atoms with Gasteiger partial charge in [-0.1, -0.05) is 0 Å². The number of aromatic nitrogens is 2. The van der Waals surface area contributed by atoms with E-state index in [1.165, 1.54) is 18.5 Å². The zero-order valence-electron chi connectivity index (χ0n) is 9.90. The smallest absolute Gasteiger partial charge is 0.298 e. The van der Waals surface area contributed by atoms with Crippen LogP contribution in [0.5, 0.6) is 0 Å². The van der Waals surface area contributed by atoms with Crippen LogP contribution in [0.2, 0.25) is 0 Å². The maximum Gasteiger partial charge on any atom is 0.416 e. The van der Waals surface area contributed by atoms with Crippen LogP contribution in [0, 0.1) is 6.92 Å². The van der Waals surface area contributed by atoms with E-state index in [4.69, 9.17) is 0 Å². The molecule has 0 fully saturated rings. The number of benzene rings is 1. The fourth-order valence-electron chi connectivity index (χ4n) is 1.59. The highest BCUT2D eigenvalue weighted by Crippen LogP contribution is 2.32. The van der Waals surface area contributed by atoms with Crippen LogP contribution in [-0.2, 0) is 6.18 Å². The number of aldehydes is 1. The Morgan fingerprint density at radius 2 is 1.68 bits per heavy atom. The standard InChI is InChI=1S/C13H9F3N2O/c1-8-17-5-11(6-18-8)10-2-9(7-19)3-12(4-10)13(14,15)16/h2-7H,1H3. The maximum atomic E-state index is 12.7. The first-order valence-electron chi connectivity index (χ1n) is 5.36. The molecule has 0 N–H and O–H groups in total. The Balaban J connectivity index is 2.57. The van der Waals surface area contributed by atoms with Crippen molar-refractivity contribution in [2.24, 2.45) is 0 Å². The van der Waals surface area contributed by atoms with Crippen LogP contribution < -0.4 is 0 Å². The highest BCUT2D eigenvalue weighted by molar-refractivity contribution is 5.79. The van der Waals surface area contributed by atoms with Gasteiger partial charge in [0.25, 0.3) is 0 Å². The van der Waals surface area contributed by atoms with Gasteiger partial charge in [0.2, 0.25) is 0 Å². The van der Waals surface area contributed by atoms with E-state index in [1.54, 1.807) is 6.92 Å². The fraction of sp³-hybridized carbons (Fsp3) is 0.154. The normalized spacial score (nSPS) is 11.4. The molecule has 1 aromatic carbocycles. The van der Waals surface area contributed by atoms with Crippen LogP contribution in [0.1, 0.15) is 21.7 Å². The van der Waals surface area contributed by atoms with Crippen molar-refractivity contribution in [1.29, 1.82) is 0 Å². The van der Waals surface area contributed by atoms with Gasteiger partial charge >= 0.3 is 6.18 Å². The van der Waals surface area contributed by atoms with E-state index < -0.39 is 11.7 Å². The van der Waals surface area contributed by atoms with E-state index in [0.717, 1.165) is 12.1 Å². The number of halogens is 3. The number of nitrogens with zero attached hydrogens (tertiary/aromatic N) is 2. The van der Waals surface area contributed by atoms with Crippen molar-refractivity contribution < 1.29 is 18.0 Å². The van der Waals surface area contributed by atoms with Crippen molar-refractivity contribution in [3.63, 3.8) is 0 Å². The van der Waals surface area contributed by atoms with Crippen molar-refractivity contribution in [3.05, 3.63) is 47.5 Å². The van der Waals surface area contributed by atoms with Gasteiger partial charge in [-0.2, -0.15) is 13.2 Å². The second-order valence-electron chi connectivity index (χ2n) is 3.98. The second kappa shape index (κ2) is 4.79. The molecule has 98 valence electrons. The summed E-state index contributed by atoms with van der Waals surface area (Å²) in [5.41, 5.74) is -0.213. The lowest BCUT2D eigenvalue weighted by molar-refractivity contribution is -0.137. The summed E-state index contributed by atoms with van der Waals surface area (Å²) >= 11 is 0. The molecule has 0 radical (unpaired) electrons. The monoisotopic (exact) mass is 266 g/mol. The molecule has 0 aliphatic carbocycles. The molecule has 0 saturated carbocycles. The number of hydrogen-bond acceptors (Lipinski definition) is 3. The maximum absolute atomic E-state index is 12.7. The van der Waals surface area contributed by atoms with Crippen LogP contribution in [-0.4, -0.2) is 16.3 Å². The first-order chi connectivity index (χ1) is 8.90. The molecule has 2 aromatic rings. The van der Waals surface area contributed by atoms with E-state index >= 15 is 0 Å². The molecule has 0 aliphatic heterocycles. The van der Waals surface area contributed by atoms with Crippen LogP contribution in [0.15, 0.2) is 30.6 Å². The Morgan fingerprint density at radius 1 is 1.05 bits per heavy atom. The molecule has 0 atom stereocenters. The molecule has 0 unspecified atom stereocenters. The zero-order valence-corrected chi connectivity index (χ0v) is 9.90. The summed E-state index contributed by atoms with van der Waals surface area (Å²) in [6.45, 7) is 1.67. The summed E-state index contributed by atoms with van der Waals surface area (Å²) in [5.74, 6) is 0.520. The average molecular weight is 266 g/mol. The minimum absolute atomic E-state index is 0.0367. The largest absolute Gasteiger partial charge is 0.416 e. The Kier molecular flexibility index (Phi) is 3.33. The summed E-state index contributed by atoms with van der Waals surface area (Å²) in [7, 11) is 0. The lowest BCUT2D eigenvalue weighted by Crippen LogP contribution is -2.06. The molecule has 0 bridgehead atoms. The third-order valence-corrected chi connectivity index (χ3v) is 2.53. The van der Waals surface area contributed by atoms with Gasteiger partial charge in [0.1, 0.15) is 12.1 Å². The summed E-state index contributed by atoms with van der Waals surface area (Å²) in [5, 5.41) is 0. The minimum atomic E-state index is -4.50. The van der Waals surface area contributed by atoms with E-state index in [2.05, 4.69) is 9.97 Å². The molecule has 3 nitrogen and oxygen atoms in total. The van der Waals surface area contributed by atoms with Gasteiger partial charge in [0.05, 0.1) is 5.56 Å². The van der Waals surface area contributed by atoms with Crippen LogP contribution in [0.25, 0.3) is 11.1 Å². The number of rotatable bonds is 2. The first-order valence-corrected chi connectivity index (χ1v) is 5.36. The van der Waals surface area contributed by atoms with Gasteiger partial charge in [-0.3, -0.25) is 4.79 Å². The number of carbonyl (C=O) groups excluding carboxylic acids is 1. The predicted octanol–water partition coefficient (Wildman–Crippen LogP) is 3.28. The molecule has 2 rings (SSSR count). The topological polar surface area (TPSA) is 42.9 Å². The Morgan fingerprint density at radius 3 is 2.21 bits per heavy atom. The van der Waals surface area contributed by atoms with Crippen LogP contribution in [0.3, 0.4) is 0 Å². The summed E-state index contributed by atoms with van der Waals surface area (Å²) < 4.78 is 38.2. The Hall–Kier alpha value is -2.24. The van der Waals surface area contributed by atoms with Crippen molar-refractivity contribution in [2.75, 3.05) is 0 Å². The van der Waals surface area contributed by atoms with E-state index in [9.17, 15) is 18.0 Å². The van der Waals surface area contributed by atoms with Crippen LogP contribution >= 0.6 is 0 Å². The molecular weight excluding hydrogens is 257 g/mol. The summed E-state index contributed by atoms with van der Waals surface area (Å²) in [6, 6.07) is 3.16. The predicted molar refractivity (Wildman–Crippen MR) is 62.6 cm³/mol. The number of alkyl halides is 3. The lowest BCUT2D eigenvalue weighted by Gasteiger charge is -2.10. The first kappa shape index (κ1) is 13.2. The average Bonchev–Trinajstić information content (AvgIpc) is 2.38. The summed E-state index contributed by atoms with van der Waals surface area (Å²) in [4.78, 5) is 18.6. The molecule has 6 heteroatoms. The third kappa shape index (κ3) is 2.96.